The van der Waals surface area contributed by atoms with Crippen molar-refractivity contribution >= 4 is 34.5 Å². The minimum absolute atomic E-state index is 0.211. The molecule has 2 aromatic carbocycles. The van der Waals surface area contributed by atoms with Crippen LogP contribution in [0.25, 0.3) is 5.69 Å². The van der Waals surface area contributed by atoms with Crippen molar-refractivity contribution in [1.82, 2.24) is 14.8 Å². The van der Waals surface area contributed by atoms with E-state index in [2.05, 4.69) is 20.7 Å². The van der Waals surface area contributed by atoms with Gasteiger partial charge < -0.3 is 15.4 Å². The van der Waals surface area contributed by atoms with E-state index in [0.29, 0.717) is 27.8 Å². The maximum absolute atomic E-state index is 14.4. The fourth-order valence-electron chi connectivity index (χ4n) is 2.91. The summed E-state index contributed by atoms with van der Waals surface area (Å²) in [5.41, 5.74) is 1.03. The molecule has 4 aromatic rings. The van der Waals surface area contributed by atoms with Gasteiger partial charge in [-0.15, -0.1) is 11.3 Å². The first-order chi connectivity index (χ1) is 15.5. The van der Waals surface area contributed by atoms with Crippen molar-refractivity contribution in [2.45, 2.75) is 6.92 Å². The summed E-state index contributed by atoms with van der Waals surface area (Å²) in [5.74, 6) is -0.803. The Bertz CT molecular complexity index is 1260. The zero-order valence-corrected chi connectivity index (χ0v) is 17.7. The van der Waals surface area contributed by atoms with Gasteiger partial charge in [-0.25, -0.2) is 14.1 Å². The summed E-state index contributed by atoms with van der Waals surface area (Å²) in [6.45, 7) is 2.33. The molecule has 32 heavy (non-hydrogen) atoms. The van der Waals surface area contributed by atoms with E-state index in [9.17, 15) is 14.0 Å². The lowest BCUT2D eigenvalue weighted by Gasteiger charge is -2.10. The number of rotatable bonds is 7. The standard InChI is InChI=1S/C22H18FN5O3S/c1-2-31-18-6-4-3-5-16(18)27-22(30)20-10-9-19(32-20)21(29)26-14-7-8-17(15(23)11-14)28-13-24-12-25-28/h3-13H,2H2,1H3,(H,26,29)(H,27,30). The van der Waals surface area contributed by atoms with Crippen LogP contribution in [0.2, 0.25) is 0 Å². The van der Waals surface area contributed by atoms with Crippen molar-refractivity contribution in [3.63, 3.8) is 0 Å². The second-order valence-electron chi connectivity index (χ2n) is 6.51. The molecule has 2 aromatic heterocycles. The minimum atomic E-state index is -0.562. The van der Waals surface area contributed by atoms with Crippen LogP contribution in [0.3, 0.4) is 0 Å². The average molecular weight is 451 g/mol. The van der Waals surface area contributed by atoms with E-state index in [1.54, 1.807) is 36.4 Å². The van der Waals surface area contributed by atoms with E-state index < -0.39 is 11.7 Å². The summed E-state index contributed by atoms with van der Waals surface area (Å²) in [4.78, 5) is 29.6. The number of nitrogens with one attached hydrogen (secondary N) is 2. The molecule has 0 saturated heterocycles. The molecule has 2 heterocycles. The largest absolute Gasteiger partial charge is 0.492 e. The van der Waals surface area contributed by atoms with Crippen LogP contribution in [-0.4, -0.2) is 33.2 Å². The van der Waals surface area contributed by atoms with E-state index >= 15 is 0 Å². The maximum atomic E-state index is 14.4. The zero-order chi connectivity index (χ0) is 22.5. The third-order valence-electron chi connectivity index (χ3n) is 4.36. The molecule has 0 saturated carbocycles. The molecule has 0 aliphatic heterocycles. The first kappa shape index (κ1) is 21.2. The number of anilines is 2. The topological polar surface area (TPSA) is 98.1 Å². The Kier molecular flexibility index (Phi) is 6.22. The summed E-state index contributed by atoms with van der Waals surface area (Å²) in [5, 5.41) is 9.31. The van der Waals surface area contributed by atoms with Crippen LogP contribution in [0, 0.1) is 5.82 Å². The van der Waals surface area contributed by atoms with Crippen molar-refractivity contribution in [3.05, 3.63) is 82.8 Å². The van der Waals surface area contributed by atoms with Crippen molar-refractivity contribution < 1.29 is 18.7 Å². The van der Waals surface area contributed by atoms with Gasteiger partial charge in [-0.3, -0.25) is 9.59 Å². The van der Waals surface area contributed by atoms with E-state index in [1.807, 2.05) is 13.0 Å². The van der Waals surface area contributed by atoms with Gasteiger partial charge in [0.1, 0.15) is 24.1 Å². The number of benzene rings is 2. The summed E-state index contributed by atoms with van der Waals surface area (Å²) >= 11 is 1.03. The molecule has 0 spiro atoms. The number of hydrogen-bond acceptors (Lipinski definition) is 6. The quantitative estimate of drug-likeness (QED) is 0.435. The Labute approximate surface area is 186 Å². The molecule has 0 radical (unpaired) electrons. The number of para-hydroxylation sites is 2. The molecular formula is C22H18FN5O3S. The van der Waals surface area contributed by atoms with Gasteiger partial charge in [0.05, 0.1) is 22.0 Å². The van der Waals surface area contributed by atoms with Crippen LogP contribution < -0.4 is 15.4 Å². The highest BCUT2D eigenvalue weighted by Gasteiger charge is 2.16. The number of carbonyl (C=O) groups excluding carboxylic acids is 2. The third kappa shape index (κ3) is 4.65. The normalized spacial score (nSPS) is 10.6. The molecule has 0 aliphatic rings. The Hall–Kier alpha value is -4.05. The highest BCUT2D eigenvalue weighted by atomic mass is 32.1. The number of amides is 2. The summed E-state index contributed by atoms with van der Waals surface area (Å²) in [6, 6.07) is 14.5. The van der Waals surface area contributed by atoms with E-state index in [-0.39, 0.29) is 17.3 Å². The van der Waals surface area contributed by atoms with E-state index in [4.69, 9.17) is 4.74 Å². The lowest BCUT2D eigenvalue weighted by atomic mass is 10.2. The van der Waals surface area contributed by atoms with Crippen molar-refractivity contribution in [1.29, 1.82) is 0 Å². The molecule has 4 rings (SSSR count). The number of aromatic nitrogens is 3. The van der Waals surface area contributed by atoms with Gasteiger partial charge in [0.15, 0.2) is 5.82 Å². The van der Waals surface area contributed by atoms with E-state index in [1.165, 1.54) is 29.5 Å². The van der Waals surface area contributed by atoms with Crippen LogP contribution in [0.15, 0.2) is 67.3 Å². The number of thiophene rings is 1. The van der Waals surface area contributed by atoms with Gasteiger partial charge in [-0.05, 0) is 49.4 Å². The molecule has 2 amide bonds. The summed E-state index contributed by atoms with van der Waals surface area (Å²) in [7, 11) is 0. The Morgan fingerprint density at radius 2 is 1.81 bits per heavy atom. The van der Waals surface area contributed by atoms with Crippen LogP contribution in [-0.2, 0) is 0 Å². The average Bonchev–Trinajstić information content (AvgIpc) is 3.48. The van der Waals surface area contributed by atoms with Gasteiger partial charge in [-0.2, -0.15) is 5.10 Å². The Morgan fingerprint density at radius 3 is 2.50 bits per heavy atom. The third-order valence-corrected chi connectivity index (χ3v) is 5.44. The second-order valence-corrected chi connectivity index (χ2v) is 7.59. The first-order valence-corrected chi connectivity index (χ1v) is 10.5. The van der Waals surface area contributed by atoms with Gasteiger partial charge in [0.2, 0.25) is 0 Å². The summed E-state index contributed by atoms with van der Waals surface area (Å²) < 4.78 is 21.2. The monoisotopic (exact) mass is 451 g/mol. The molecule has 0 fully saturated rings. The zero-order valence-electron chi connectivity index (χ0n) is 16.9. The molecule has 2 N–H and O–H groups in total. The molecule has 0 unspecified atom stereocenters. The molecule has 10 heteroatoms. The van der Waals surface area contributed by atoms with Crippen molar-refractivity contribution in [3.8, 4) is 11.4 Å². The fourth-order valence-corrected chi connectivity index (χ4v) is 3.71. The predicted molar refractivity (Wildman–Crippen MR) is 119 cm³/mol. The van der Waals surface area contributed by atoms with Crippen molar-refractivity contribution in [2.75, 3.05) is 17.2 Å². The predicted octanol–water partition coefficient (Wildman–Crippen LogP) is 4.37. The van der Waals surface area contributed by atoms with E-state index in [0.717, 1.165) is 11.3 Å². The van der Waals surface area contributed by atoms with Crippen LogP contribution in [0.5, 0.6) is 5.75 Å². The molecule has 8 nitrogen and oxygen atoms in total. The lowest BCUT2D eigenvalue weighted by Crippen LogP contribution is -2.12. The lowest BCUT2D eigenvalue weighted by molar-refractivity contribution is 0.102. The highest BCUT2D eigenvalue weighted by Crippen LogP contribution is 2.26. The molecule has 0 aliphatic carbocycles. The number of ether oxygens (including phenoxy) is 1. The first-order valence-electron chi connectivity index (χ1n) is 9.64. The fraction of sp³-hybridized carbons (Fsp3) is 0.0909. The minimum Gasteiger partial charge on any atom is -0.492 e. The Morgan fingerprint density at radius 1 is 1.06 bits per heavy atom. The van der Waals surface area contributed by atoms with Crippen molar-refractivity contribution in [2.24, 2.45) is 0 Å². The van der Waals surface area contributed by atoms with Crippen LogP contribution in [0.1, 0.15) is 26.3 Å². The van der Waals surface area contributed by atoms with Gasteiger partial charge >= 0.3 is 0 Å². The second kappa shape index (κ2) is 9.40. The maximum Gasteiger partial charge on any atom is 0.265 e. The molecule has 0 atom stereocenters. The molecule has 162 valence electrons. The number of halogens is 1. The number of hydrogen-bond donors (Lipinski definition) is 2. The summed E-state index contributed by atoms with van der Waals surface area (Å²) in [6.07, 6.45) is 2.68. The molecular weight excluding hydrogens is 433 g/mol. The van der Waals surface area contributed by atoms with Gasteiger partial charge in [0, 0.05) is 5.69 Å². The van der Waals surface area contributed by atoms with Gasteiger partial charge in [0.25, 0.3) is 11.8 Å². The Balaban J connectivity index is 1.44. The van der Waals surface area contributed by atoms with Crippen LogP contribution >= 0.6 is 11.3 Å². The van der Waals surface area contributed by atoms with Crippen LogP contribution in [0.4, 0.5) is 15.8 Å². The molecule has 0 bridgehead atoms. The highest BCUT2D eigenvalue weighted by molar-refractivity contribution is 7.16. The smallest absolute Gasteiger partial charge is 0.265 e. The SMILES string of the molecule is CCOc1ccccc1NC(=O)c1ccc(C(=O)Nc2ccc(-n3cncn3)c(F)c2)s1. The van der Waals surface area contributed by atoms with Gasteiger partial charge in [-0.1, -0.05) is 12.1 Å². The number of carbonyl (C=O) groups is 2. The number of nitrogens with zero attached hydrogens (tertiary/aromatic N) is 3.